The molecule has 2 nitrogen and oxygen atoms in total. The van der Waals surface area contributed by atoms with Crippen molar-refractivity contribution < 1.29 is 4.79 Å². The standard InChI is InChI=1S/C22H21NOS/c1-25-21-15-9-8-14-20(21)23-22(24)16-19(17-10-4-2-5-11-17)18-12-6-3-7-13-18/h2-15,19H,16H2,1H3,(H,23,24). The Bertz CT molecular complexity index is 778. The van der Waals surface area contributed by atoms with Crippen molar-refractivity contribution in [3.05, 3.63) is 96.1 Å². The van der Waals surface area contributed by atoms with Crippen LogP contribution < -0.4 is 5.32 Å². The number of carbonyl (C=O) groups is 1. The van der Waals surface area contributed by atoms with Crippen LogP contribution in [-0.4, -0.2) is 12.2 Å². The molecular formula is C22H21NOS. The number of hydrogen-bond donors (Lipinski definition) is 1. The highest BCUT2D eigenvalue weighted by Gasteiger charge is 2.18. The summed E-state index contributed by atoms with van der Waals surface area (Å²) in [5, 5.41) is 3.07. The van der Waals surface area contributed by atoms with Gasteiger partial charge < -0.3 is 5.32 Å². The highest BCUT2D eigenvalue weighted by atomic mass is 32.2. The van der Waals surface area contributed by atoms with Gasteiger partial charge in [0.1, 0.15) is 0 Å². The number of rotatable bonds is 6. The summed E-state index contributed by atoms with van der Waals surface area (Å²) in [6.45, 7) is 0. The topological polar surface area (TPSA) is 29.1 Å². The van der Waals surface area contributed by atoms with E-state index in [-0.39, 0.29) is 11.8 Å². The summed E-state index contributed by atoms with van der Waals surface area (Å²) >= 11 is 1.63. The molecule has 0 aromatic heterocycles. The van der Waals surface area contributed by atoms with Crippen molar-refractivity contribution in [1.29, 1.82) is 0 Å². The van der Waals surface area contributed by atoms with E-state index in [9.17, 15) is 4.79 Å². The first-order valence-corrected chi connectivity index (χ1v) is 9.53. The third-order valence-electron chi connectivity index (χ3n) is 4.17. The molecule has 0 fully saturated rings. The molecule has 0 bridgehead atoms. The molecule has 0 aliphatic rings. The molecule has 1 amide bonds. The number of hydrogen-bond acceptors (Lipinski definition) is 2. The third-order valence-corrected chi connectivity index (χ3v) is 4.97. The lowest BCUT2D eigenvalue weighted by molar-refractivity contribution is -0.116. The first-order valence-electron chi connectivity index (χ1n) is 8.30. The van der Waals surface area contributed by atoms with E-state index < -0.39 is 0 Å². The van der Waals surface area contributed by atoms with Gasteiger partial charge in [-0.15, -0.1) is 11.8 Å². The smallest absolute Gasteiger partial charge is 0.225 e. The molecule has 0 aliphatic heterocycles. The number of para-hydroxylation sites is 1. The quantitative estimate of drug-likeness (QED) is 0.591. The normalized spacial score (nSPS) is 10.6. The van der Waals surface area contributed by atoms with E-state index in [1.54, 1.807) is 11.8 Å². The molecule has 3 rings (SSSR count). The second kappa shape index (κ2) is 8.54. The number of benzene rings is 3. The average molecular weight is 347 g/mol. The molecule has 1 N–H and O–H groups in total. The van der Waals surface area contributed by atoms with Gasteiger partial charge in [0.05, 0.1) is 5.69 Å². The van der Waals surface area contributed by atoms with Crippen LogP contribution in [0.5, 0.6) is 0 Å². The summed E-state index contributed by atoms with van der Waals surface area (Å²) in [6.07, 6.45) is 2.43. The lowest BCUT2D eigenvalue weighted by Crippen LogP contribution is -2.17. The molecule has 0 aliphatic carbocycles. The van der Waals surface area contributed by atoms with E-state index in [4.69, 9.17) is 0 Å². The zero-order valence-electron chi connectivity index (χ0n) is 14.2. The van der Waals surface area contributed by atoms with Gasteiger partial charge in [-0.1, -0.05) is 72.8 Å². The van der Waals surface area contributed by atoms with E-state index in [2.05, 4.69) is 29.6 Å². The van der Waals surface area contributed by atoms with Crippen molar-refractivity contribution in [1.82, 2.24) is 0 Å². The first kappa shape index (κ1) is 17.3. The van der Waals surface area contributed by atoms with Crippen LogP contribution in [0.4, 0.5) is 5.69 Å². The molecule has 0 saturated heterocycles. The van der Waals surface area contributed by atoms with Gasteiger partial charge in [0.2, 0.25) is 5.91 Å². The van der Waals surface area contributed by atoms with Crippen LogP contribution in [0.15, 0.2) is 89.8 Å². The SMILES string of the molecule is CSc1ccccc1NC(=O)CC(c1ccccc1)c1ccccc1. The fourth-order valence-corrected chi connectivity index (χ4v) is 3.49. The lowest BCUT2D eigenvalue weighted by Gasteiger charge is -2.18. The second-order valence-electron chi connectivity index (χ2n) is 5.83. The second-order valence-corrected chi connectivity index (χ2v) is 6.67. The summed E-state index contributed by atoms with van der Waals surface area (Å²) < 4.78 is 0. The van der Waals surface area contributed by atoms with Crippen LogP contribution in [0.1, 0.15) is 23.5 Å². The zero-order valence-corrected chi connectivity index (χ0v) is 15.0. The molecule has 126 valence electrons. The maximum atomic E-state index is 12.7. The Hall–Kier alpha value is -2.52. The third kappa shape index (κ3) is 4.52. The summed E-state index contributed by atoms with van der Waals surface area (Å²) in [7, 11) is 0. The first-order chi connectivity index (χ1) is 12.3. The van der Waals surface area contributed by atoms with Crippen LogP contribution in [-0.2, 0) is 4.79 Å². The molecular weight excluding hydrogens is 326 g/mol. The molecule has 3 heteroatoms. The van der Waals surface area contributed by atoms with Crippen LogP contribution in [0.2, 0.25) is 0 Å². The summed E-state index contributed by atoms with van der Waals surface area (Å²) in [5.74, 6) is 0.0723. The number of amides is 1. The number of nitrogens with one attached hydrogen (secondary N) is 1. The van der Waals surface area contributed by atoms with Crippen LogP contribution in [0.3, 0.4) is 0 Å². The Morgan fingerprint density at radius 3 is 1.92 bits per heavy atom. The molecule has 0 heterocycles. The van der Waals surface area contributed by atoms with Crippen molar-refractivity contribution in [3.63, 3.8) is 0 Å². The van der Waals surface area contributed by atoms with Gasteiger partial charge in [-0.25, -0.2) is 0 Å². The van der Waals surface area contributed by atoms with Crippen molar-refractivity contribution >= 4 is 23.4 Å². The Kier molecular flexibility index (Phi) is 5.91. The minimum absolute atomic E-state index is 0.0270. The minimum Gasteiger partial charge on any atom is -0.325 e. The van der Waals surface area contributed by atoms with Gasteiger partial charge >= 0.3 is 0 Å². The van der Waals surface area contributed by atoms with Gasteiger partial charge in [0.15, 0.2) is 0 Å². The molecule has 3 aromatic carbocycles. The van der Waals surface area contributed by atoms with E-state index in [1.165, 1.54) is 0 Å². The lowest BCUT2D eigenvalue weighted by atomic mass is 9.88. The highest BCUT2D eigenvalue weighted by molar-refractivity contribution is 7.98. The van der Waals surface area contributed by atoms with Gasteiger partial charge in [-0.05, 0) is 29.5 Å². The average Bonchev–Trinajstić information content (AvgIpc) is 2.68. The molecule has 0 unspecified atom stereocenters. The largest absolute Gasteiger partial charge is 0.325 e. The highest BCUT2D eigenvalue weighted by Crippen LogP contribution is 2.29. The van der Waals surface area contributed by atoms with Crippen molar-refractivity contribution in [2.24, 2.45) is 0 Å². The van der Waals surface area contributed by atoms with E-state index in [0.29, 0.717) is 6.42 Å². The summed E-state index contributed by atoms with van der Waals surface area (Å²) in [4.78, 5) is 13.8. The van der Waals surface area contributed by atoms with Crippen molar-refractivity contribution in [2.75, 3.05) is 11.6 Å². The van der Waals surface area contributed by atoms with Gasteiger partial charge in [0.25, 0.3) is 0 Å². The van der Waals surface area contributed by atoms with E-state index in [0.717, 1.165) is 21.7 Å². The van der Waals surface area contributed by atoms with E-state index in [1.807, 2.05) is 66.9 Å². The maximum Gasteiger partial charge on any atom is 0.225 e. The van der Waals surface area contributed by atoms with Gasteiger partial charge in [-0.3, -0.25) is 4.79 Å². The predicted octanol–water partition coefficient (Wildman–Crippen LogP) is 5.57. The number of anilines is 1. The molecule has 0 saturated carbocycles. The molecule has 0 atom stereocenters. The molecule has 0 radical (unpaired) electrons. The van der Waals surface area contributed by atoms with Crippen LogP contribution in [0, 0.1) is 0 Å². The maximum absolute atomic E-state index is 12.7. The fraction of sp³-hybridized carbons (Fsp3) is 0.136. The molecule has 25 heavy (non-hydrogen) atoms. The Labute approximate surface area is 153 Å². The Balaban J connectivity index is 1.82. The van der Waals surface area contributed by atoms with Crippen LogP contribution in [0.25, 0.3) is 0 Å². The minimum atomic E-state index is 0.0270. The number of thioether (sulfide) groups is 1. The number of carbonyl (C=O) groups excluding carboxylic acids is 1. The predicted molar refractivity (Wildman–Crippen MR) is 106 cm³/mol. The molecule has 0 spiro atoms. The van der Waals surface area contributed by atoms with E-state index >= 15 is 0 Å². The Morgan fingerprint density at radius 1 is 0.840 bits per heavy atom. The van der Waals surface area contributed by atoms with Crippen molar-refractivity contribution in [3.8, 4) is 0 Å². The van der Waals surface area contributed by atoms with Gasteiger partial charge in [0, 0.05) is 17.2 Å². The summed E-state index contributed by atoms with van der Waals surface area (Å²) in [6, 6.07) is 28.3. The molecule has 3 aromatic rings. The summed E-state index contributed by atoms with van der Waals surface area (Å²) in [5.41, 5.74) is 3.18. The Morgan fingerprint density at radius 2 is 1.36 bits per heavy atom. The zero-order chi connectivity index (χ0) is 17.5. The fourth-order valence-electron chi connectivity index (χ4n) is 2.93. The van der Waals surface area contributed by atoms with Crippen LogP contribution >= 0.6 is 11.8 Å². The monoisotopic (exact) mass is 347 g/mol. The van der Waals surface area contributed by atoms with Crippen molar-refractivity contribution in [2.45, 2.75) is 17.2 Å². The van der Waals surface area contributed by atoms with Gasteiger partial charge in [-0.2, -0.15) is 0 Å².